The lowest BCUT2D eigenvalue weighted by Gasteiger charge is -2.11. The number of rotatable bonds is 15. The SMILES string of the molecule is C=C(C)C(O)CC/C(C)=C/CC/C(C)=C/CCC(C)CCOCc1ccccc1. The van der Waals surface area contributed by atoms with Gasteiger partial charge in [0.15, 0.2) is 0 Å². The van der Waals surface area contributed by atoms with Crippen molar-refractivity contribution in [2.75, 3.05) is 6.61 Å². The van der Waals surface area contributed by atoms with Crippen LogP contribution in [-0.4, -0.2) is 17.8 Å². The van der Waals surface area contributed by atoms with E-state index in [4.69, 9.17) is 4.74 Å². The molecule has 0 saturated heterocycles. The van der Waals surface area contributed by atoms with Crippen LogP contribution in [0.3, 0.4) is 0 Å². The highest BCUT2D eigenvalue weighted by atomic mass is 16.5. The molecule has 0 aromatic heterocycles. The summed E-state index contributed by atoms with van der Waals surface area (Å²) < 4.78 is 5.80. The summed E-state index contributed by atoms with van der Waals surface area (Å²) in [5.74, 6) is 0.691. The molecule has 0 fully saturated rings. The van der Waals surface area contributed by atoms with Gasteiger partial charge in [-0.25, -0.2) is 0 Å². The van der Waals surface area contributed by atoms with Gasteiger partial charge in [-0.3, -0.25) is 0 Å². The fourth-order valence-corrected chi connectivity index (χ4v) is 3.17. The van der Waals surface area contributed by atoms with Gasteiger partial charge in [-0.1, -0.05) is 72.7 Å². The van der Waals surface area contributed by atoms with Crippen molar-refractivity contribution < 1.29 is 9.84 Å². The number of hydrogen-bond acceptors (Lipinski definition) is 2. The molecule has 2 heteroatoms. The molecule has 0 saturated carbocycles. The molecule has 0 aliphatic rings. The smallest absolute Gasteiger partial charge is 0.0747 e. The lowest BCUT2D eigenvalue weighted by atomic mass is 10.00. The Kier molecular flexibility index (Phi) is 13.3. The van der Waals surface area contributed by atoms with Gasteiger partial charge in [0.05, 0.1) is 12.7 Å². The monoisotopic (exact) mass is 398 g/mol. The predicted molar refractivity (Wildman–Crippen MR) is 126 cm³/mol. The molecule has 1 aromatic rings. The van der Waals surface area contributed by atoms with E-state index in [1.807, 2.05) is 13.0 Å². The highest BCUT2D eigenvalue weighted by Crippen LogP contribution is 2.16. The van der Waals surface area contributed by atoms with Crippen LogP contribution in [0.5, 0.6) is 0 Å². The summed E-state index contributed by atoms with van der Waals surface area (Å²) in [5.41, 5.74) is 4.94. The molecule has 2 unspecified atom stereocenters. The van der Waals surface area contributed by atoms with E-state index in [2.05, 4.69) is 63.8 Å². The minimum atomic E-state index is -0.370. The molecule has 0 heterocycles. The number of hydrogen-bond donors (Lipinski definition) is 1. The third-order valence-corrected chi connectivity index (χ3v) is 5.43. The van der Waals surface area contributed by atoms with Crippen LogP contribution in [0.15, 0.2) is 65.8 Å². The summed E-state index contributed by atoms with van der Waals surface area (Å²) >= 11 is 0. The van der Waals surface area contributed by atoms with Crippen molar-refractivity contribution >= 4 is 0 Å². The molecule has 0 radical (unpaired) electrons. The van der Waals surface area contributed by atoms with Gasteiger partial charge < -0.3 is 9.84 Å². The Morgan fingerprint density at radius 2 is 1.62 bits per heavy atom. The summed E-state index contributed by atoms with van der Waals surface area (Å²) in [6.45, 7) is 14.0. The minimum absolute atomic E-state index is 0.370. The van der Waals surface area contributed by atoms with Gasteiger partial charge in [-0.15, -0.1) is 0 Å². The van der Waals surface area contributed by atoms with Gasteiger partial charge in [0, 0.05) is 6.61 Å². The summed E-state index contributed by atoms with van der Waals surface area (Å²) in [4.78, 5) is 0. The molecule has 0 aliphatic heterocycles. The van der Waals surface area contributed by atoms with Gasteiger partial charge in [0.2, 0.25) is 0 Å². The average molecular weight is 399 g/mol. The van der Waals surface area contributed by atoms with Crippen LogP contribution in [0.4, 0.5) is 0 Å². The second kappa shape index (κ2) is 15.2. The topological polar surface area (TPSA) is 29.5 Å². The first-order valence-corrected chi connectivity index (χ1v) is 11.1. The Balaban J connectivity index is 2.11. The van der Waals surface area contributed by atoms with Crippen LogP contribution >= 0.6 is 0 Å². The van der Waals surface area contributed by atoms with Crippen LogP contribution in [0.2, 0.25) is 0 Å². The Hall–Kier alpha value is -1.64. The fraction of sp³-hybridized carbons (Fsp3) is 0.556. The van der Waals surface area contributed by atoms with Gasteiger partial charge in [-0.2, -0.15) is 0 Å². The zero-order chi connectivity index (χ0) is 21.5. The van der Waals surface area contributed by atoms with E-state index in [9.17, 15) is 5.11 Å². The molecule has 0 bridgehead atoms. The van der Waals surface area contributed by atoms with Crippen molar-refractivity contribution in [2.45, 2.75) is 85.4 Å². The van der Waals surface area contributed by atoms with E-state index >= 15 is 0 Å². The molecule has 2 atom stereocenters. The number of aliphatic hydroxyl groups excluding tert-OH is 1. The van der Waals surface area contributed by atoms with Gasteiger partial charge >= 0.3 is 0 Å². The van der Waals surface area contributed by atoms with Gasteiger partial charge in [-0.05, 0) is 77.2 Å². The zero-order valence-electron chi connectivity index (χ0n) is 19.1. The fourth-order valence-electron chi connectivity index (χ4n) is 3.17. The third kappa shape index (κ3) is 13.2. The number of aliphatic hydroxyl groups is 1. The molecule has 0 aliphatic carbocycles. The summed E-state index contributed by atoms with van der Waals surface area (Å²) in [7, 11) is 0. The summed E-state index contributed by atoms with van der Waals surface area (Å²) in [5, 5.41) is 9.81. The molecular weight excluding hydrogens is 356 g/mol. The van der Waals surface area contributed by atoms with E-state index in [-0.39, 0.29) is 6.10 Å². The van der Waals surface area contributed by atoms with Crippen LogP contribution < -0.4 is 0 Å². The quantitative estimate of drug-likeness (QED) is 0.246. The maximum absolute atomic E-state index is 9.81. The average Bonchev–Trinajstić information content (AvgIpc) is 2.70. The summed E-state index contributed by atoms with van der Waals surface area (Å²) in [6, 6.07) is 10.4. The Bertz CT molecular complexity index is 627. The van der Waals surface area contributed by atoms with E-state index in [0.717, 1.165) is 50.7 Å². The molecule has 0 amide bonds. The first kappa shape index (κ1) is 25.4. The molecule has 162 valence electrons. The van der Waals surface area contributed by atoms with Crippen LogP contribution in [-0.2, 0) is 11.3 Å². The maximum atomic E-state index is 9.81. The first-order valence-electron chi connectivity index (χ1n) is 11.1. The van der Waals surface area contributed by atoms with Crippen molar-refractivity contribution in [1.29, 1.82) is 0 Å². The van der Waals surface area contributed by atoms with E-state index in [1.54, 1.807) is 0 Å². The van der Waals surface area contributed by atoms with Crippen molar-refractivity contribution in [2.24, 2.45) is 5.92 Å². The Labute approximate surface area is 179 Å². The van der Waals surface area contributed by atoms with Crippen molar-refractivity contribution in [3.8, 4) is 0 Å². The van der Waals surface area contributed by atoms with Crippen LogP contribution in [0.25, 0.3) is 0 Å². The number of ether oxygens (including phenoxy) is 1. The Morgan fingerprint density at radius 3 is 2.31 bits per heavy atom. The van der Waals surface area contributed by atoms with Crippen molar-refractivity contribution in [3.05, 3.63) is 71.3 Å². The van der Waals surface area contributed by atoms with Crippen LogP contribution in [0.1, 0.15) is 78.2 Å². The Morgan fingerprint density at radius 1 is 0.966 bits per heavy atom. The first-order chi connectivity index (χ1) is 13.9. The molecule has 29 heavy (non-hydrogen) atoms. The van der Waals surface area contributed by atoms with Gasteiger partial charge in [0.1, 0.15) is 0 Å². The van der Waals surface area contributed by atoms with E-state index in [0.29, 0.717) is 12.5 Å². The third-order valence-electron chi connectivity index (χ3n) is 5.43. The lowest BCUT2D eigenvalue weighted by Crippen LogP contribution is -2.06. The van der Waals surface area contributed by atoms with E-state index in [1.165, 1.54) is 23.1 Å². The van der Waals surface area contributed by atoms with Gasteiger partial charge in [0.25, 0.3) is 0 Å². The van der Waals surface area contributed by atoms with Crippen molar-refractivity contribution in [3.63, 3.8) is 0 Å². The molecular formula is C27H42O2. The summed E-state index contributed by atoms with van der Waals surface area (Å²) in [6.07, 6.45) is 11.8. The minimum Gasteiger partial charge on any atom is -0.389 e. The predicted octanol–water partition coefficient (Wildman–Crippen LogP) is 7.40. The molecule has 1 rings (SSSR count). The largest absolute Gasteiger partial charge is 0.389 e. The maximum Gasteiger partial charge on any atom is 0.0747 e. The highest BCUT2D eigenvalue weighted by molar-refractivity contribution is 5.13. The highest BCUT2D eigenvalue weighted by Gasteiger charge is 2.04. The molecule has 0 spiro atoms. The standard InChI is InChI=1S/C27H42O2/c1-22(2)27(28)18-17-24(4)13-9-11-23(3)12-10-14-25(5)19-20-29-21-26-15-7-6-8-16-26/h6-8,12-13,15-16,25,27-28H,1,9-11,14,17-21H2,2-5H3/b23-12+,24-13+. The molecule has 1 aromatic carbocycles. The lowest BCUT2D eigenvalue weighted by molar-refractivity contribution is 0.108. The zero-order valence-corrected chi connectivity index (χ0v) is 19.1. The van der Waals surface area contributed by atoms with E-state index < -0.39 is 0 Å². The van der Waals surface area contributed by atoms with Crippen LogP contribution in [0, 0.1) is 5.92 Å². The molecule has 1 N–H and O–H groups in total. The molecule has 2 nitrogen and oxygen atoms in total. The number of allylic oxidation sites excluding steroid dienone is 4. The second-order valence-electron chi connectivity index (χ2n) is 8.55. The normalized spacial score (nSPS) is 14.7. The number of benzene rings is 1. The van der Waals surface area contributed by atoms with Crippen molar-refractivity contribution in [1.82, 2.24) is 0 Å². The second-order valence-corrected chi connectivity index (χ2v) is 8.55.